The fourth-order valence-electron chi connectivity index (χ4n) is 1.12. The molecule has 78 valence electrons. The number of hydrogen-bond donors (Lipinski definition) is 1. The van der Waals surface area contributed by atoms with Crippen molar-refractivity contribution >= 4 is 28.8 Å². The average Bonchev–Trinajstić information content (AvgIpc) is 2.48. The number of alkyl halides is 1. The Hall–Kier alpha value is -0.540. The van der Waals surface area contributed by atoms with E-state index in [9.17, 15) is 4.79 Å². The largest absolute Gasteiger partial charge is 0.352 e. The van der Waals surface area contributed by atoms with Gasteiger partial charge < -0.3 is 5.32 Å². The second-order valence-electron chi connectivity index (χ2n) is 3.49. The predicted octanol–water partition coefficient (Wildman–Crippen LogP) is 2.86. The highest BCUT2D eigenvalue weighted by Crippen LogP contribution is 2.28. The number of rotatable bonds is 3. The van der Waals surface area contributed by atoms with Gasteiger partial charge in [0.25, 0.3) is 0 Å². The van der Waals surface area contributed by atoms with Gasteiger partial charge in [0.05, 0.1) is 0 Å². The second-order valence-corrected chi connectivity index (χ2v) is 4.88. The Balaban J connectivity index is 2.71. The van der Waals surface area contributed by atoms with Crippen molar-refractivity contribution in [3.8, 4) is 0 Å². The van der Waals surface area contributed by atoms with Gasteiger partial charge in [0.15, 0.2) is 0 Å². The molecule has 0 radical (unpaired) electrons. The Morgan fingerprint density at radius 3 is 2.64 bits per heavy atom. The number of nitrogens with one attached hydrogen (secondary N) is 1. The smallest absolute Gasteiger partial charge is 0.243 e. The third kappa shape index (κ3) is 2.72. The maximum absolute atomic E-state index is 11.6. The molecule has 1 amide bonds. The van der Waals surface area contributed by atoms with Crippen molar-refractivity contribution in [3.63, 3.8) is 0 Å². The van der Waals surface area contributed by atoms with E-state index in [1.807, 2.05) is 32.2 Å². The summed E-state index contributed by atoms with van der Waals surface area (Å²) in [4.78, 5) is 12.5. The SMILES string of the molecule is Cc1ccsc1C(Cl)C(=O)NC(C)C. The first-order valence-electron chi connectivity index (χ1n) is 4.50. The van der Waals surface area contributed by atoms with Crippen LogP contribution in [0.4, 0.5) is 0 Å². The first kappa shape index (κ1) is 11.5. The molecule has 0 spiro atoms. The third-order valence-electron chi connectivity index (χ3n) is 1.79. The van der Waals surface area contributed by atoms with Crippen molar-refractivity contribution in [3.05, 3.63) is 21.9 Å². The molecule has 1 rings (SSSR count). The molecule has 0 saturated heterocycles. The summed E-state index contributed by atoms with van der Waals surface area (Å²) in [5.41, 5.74) is 1.08. The van der Waals surface area contributed by atoms with Crippen LogP contribution in [-0.2, 0) is 4.79 Å². The van der Waals surface area contributed by atoms with E-state index < -0.39 is 5.38 Å². The van der Waals surface area contributed by atoms with Gasteiger partial charge >= 0.3 is 0 Å². The van der Waals surface area contributed by atoms with Crippen LogP contribution >= 0.6 is 22.9 Å². The van der Waals surface area contributed by atoms with Gasteiger partial charge in [0, 0.05) is 10.9 Å². The van der Waals surface area contributed by atoms with Crippen molar-refractivity contribution in [1.29, 1.82) is 0 Å². The van der Waals surface area contributed by atoms with Gasteiger partial charge in [-0.3, -0.25) is 4.79 Å². The van der Waals surface area contributed by atoms with Crippen LogP contribution in [0.2, 0.25) is 0 Å². The minimum atomic E-state index is -0.558. The monoisotopic (exact) mass is 231 g/mol. The first-order valence-corrected chi connectivity index (χ1v) is 5.82. The topological polar surface area (TPSA) is 29.1 Å². The van der Waals surface area contributed by atoms with Crippen molar-refractivity contribution < 1.29 is 4.79 Å². The molecule has 0 aromatic carbocycles. The maximum Gasteiger partial charge on any atom is 0.243 e. The third-order valence-corrected chi connectivity index (χ3v) is 3.42. The average molecular weight is 232 g/mol. The van der Waals surface area contributed by atoms with E-state index in [1.165, 1.54) is 11.3 Å². The van der Waals surface area contributed by atoms with Crippen molar-refractivity contribution in [1.82, 2.24) is 5.32 Å². The minimum Gasteiger partial charge on any atom is -0.352 e. The van der Waals surface area contributed by atoms with Gasteiger partial charge in [0.1, 0.15) is 5.38 Å². The van der Waals surface area contributed by atoms with E-state index in [4.69, 9.17) is 11.6 Å². The summed E-state index contributed by atoms with van der Waals surface area (Å²) in [5.74, 6) is -0.118. The van der Waals surface area contributed by atoms with E-state index in [2.05, 4.69) is 5.32 Å². The first-order chi connectivity index (χ1) is 6.52. The highest BCUT2D eigenvalue weighted by atomic mass is 35.5. The summed E-state index contributed by atoms with van der Waals surface area (Å²) in [6, 6.07) is 2.10. The molecule has 4 heteroatoms. The minimum absolute atomic E-state index is 0.118. The second kappa shape index (κ2) is 4.80. The van der Waals surface area contributed by atoms with Gasteiger partial charge in [-0.05, 0) is 37.8 Å². The molecule has 0 aliphatic carbocycles. The zero-order valence-corrected chi connectivity index (χ0v) is 10.1. The molecule has 0 aliphatic heterocycles. The normalized spacial score (nSPS) is 12.9. The lowest BCUT2D eigenvalue weighted by atomic mass is 10.2. The van der Waals surface area contributed by atoms with Gasteiger partial charge in [-0.2, -0.15) is 0 Å². The maximum atomic E-state index is 11.6. The van der Waals surface area contributed by atoms with Gasteiger partial charge in [-0.25, -0.2) is 0 Å². The zero-order valence-electron chi connectivity index (χ0n) is 8.50. The Bertz CT molecular complexity index is 322. The van der Waals surface area contributed by atoms with Crippen LogP contribution in [0.3, 0.4) is 0 Å². The fourth-order valence-corrected chi connectivity index (χ4v) is 2.41. The fraction of sp³-hybridized carbons (Fsp3) is 0.500. The molecule has 0 aliphatic rings. The Morgan fingerprint density at radius 2 is 2.21 bits per heavy atom. The van der Waals surface area contributed by atoms with E-state index in [0.717, 1.165) is 10.4 Å². The highest BCUT2D eigenvalue weighted by Gasteiger charge is 2.20. The van der Waals surface area contributed by atoms with Crippen molar-refractivity contribution in [2.24, 2.45) is 0 Å². The van der Waals surface area contributed by atoms with Crippen LogP contribution in [0.25, 0.3) is 0 Å². The number of hydrogen-bond acceptors (Lipinski definition) is 2. The van der Waals surface area contributed by atoms with Crippen LogP contribution < -0.4 is 5.32 Å². The number of thiophene rings is 1. The van der Waals surface area contributed by atoms with Gasteiger partial charge in [0.2, 0.25) is 5.91 Å². The van der Waals surface area contributed by atoms with Crippen LogP contribution in [0, 0.1) is 6.92 Å². The zero-order chi connectivity index (χ0) is 10.7. The Labute approximate surface area is 93.3 Å². The molecule has 0 bridgehead atoms. The molecule has 1 aromatic rings. The summed E-state index contributed by atoms with van der Waals surface area (Å²) in [7, 11) is 0. The number of halogens is 1. The lowest BCUT2D eigenvalue weighted by Gasteiger charge is -2.12. The summed E-state index contributed by atoms with van der Waals surface area (Å²) < 4.78 is 0. The number of carbonyl (C=O) groups excluding carboxylic acids is 1. The number of aryl methyl sites for hydroxylation is 1. The van der Waals surface area contributed by atoms with Crippen LogP contribution in [0.5, 0.6) is 0 Å². The molecule has 14 heavy (non-hydrogen) atoms. The molecule has 1 atom stereocenters. The molecule has 1 N–H and O–H groups in total. The van der Waals surface area contributed by atoms with Crippen LogP contribution in [0.15, 0.2) is 11.4 Å². The standard InChI is InChI=1S/C10H14ClNOS/c1-6(2)12-10(13)8(11)9-7(3)4-5-14-9/h4-6,8H,1-3H3,(H,12,13). The van der Waals surface area contributed by atoms with Crippen LogP contribution in [0.1, 0.15) is 29.7 Å². The lowest BCUT2D eigenvalue weighted by molar-refractivity contribution is -0.121. The molecule has 0 saturated carbocycles. The number of amides is 1. The highest BCUT2D eigenvalue weighted by molar-refractivity contribution is 7.10. The summed E-state index contributed by atoms with van der Waals surface area (Å²) in [6.45, 7) is 5.80. The van der Waals surface area contributed by atoms with E-state index in [1.54, 1.807) is 0 Å². The van der Waals surface area contributed by atoms with Crippen LogP contribution in [-0.4, -0.2) is 11.9 Å². The molecular weight excluding hydrogens is 218 g/mol. The van der Waals surface area contributed by atoms with Crippen molar-refractivity contribution in [2.45, 2.75) is 32.2 Å². The lowest BCUT2D eigenvalue weighted by Crippen LogP contribution is -2.32. The molecule has 2 nitrogen and oxygen atoms in total. The summed E-state index contributed by atoms with van der Waals surface area (Å²) in [6.07, 6.45) is 0. The Kier molecular flexibility index (Phi) is 3.96. The number of carbonyl (C=O) groups is 1. The van der Waals surface area contributed by atoms with Gasteiger partial charge in [-0.1, -0.05) is 0 Å². The molecule has 1 heterocycles. The van der Waals surface area contributed by atoms with E-state index in [0.29, 0.717) is 0 Å². The van der Waals surface area contributed by atoms with E-state index in [-0.39, 0.29) is 11.9 Å². The quantitative estimate of drug-likeness (QED) is 0.797. The predicted molar refractivity (Wildman–Crippen MR) is 60.9 cm³/mol. The molecule has 1 unspecified atom stereocenters. The molecule has 0 fully saturated rings. The molecular formula is C10H14ClNOS. The Morgan fingerprint density at radius 1 is 1.57 bits per heavy atom. The molecule has 1 aromatic heterocycles. The van der Waals surface area contributed by atoms with Crippen molar-refractivity contribution in [2.75, 3.05) is 0 Å². The summed E-state index contributed by atoms with van der Waals surface area (Å²) in [5, 5.41) is 4.18. The summed E-state index contributed by atoms with van der Waals surface area (Å²) >= 11 is 7.57. The van der Waals surface area contributed by atoms with E-state index >= 15 is 0 Å². The van der Waals surface area contributed by atoms with Gasteiger partial charge in [-0.15, -0.1) is 22.9 Å².